The highest BCUT2D eigenvalue weighted by molar-refractivity contribution is 6.30. The van der Waals surface area contributed by atoms with E-state index in [2.05, 4.69) is 10.6 Å². The molecule has 110 valence electrons. The van der Waals surface area contributed by atoms with Crippen LogP contribution in [0.5, 0.6) is 0 Å². The normalized spacial score (nSPS) is 13.6. The molecule has 1 rings (SSSR count). The van der Waals surface area contributed by atoms with Crippen molar-refractivity contribution in [1.29, 1.82) is 0 Å². The zero-order chi connectivity index (χ0) is 15.1. The largest absolute Gasteiger partial charge is 0.480 e. The van der Waals surface area contributed by atoms with E-state index in [-0.39, 0.29) is 18.4 Å². The Hall–Kier alpha value is -1.59. The number of carboxylic acid groups (broad SMARTS) is 1. The monoisotopic (exact) mass is 298 g/mol. The number of carboxylic acids is 1. The van der Waals surface area contributed by atoms with Crippen molar-refractivity contribution in [1.82, 2.24) is 5.32 Å². The summed E-state index contributed by atoms with van der Waals surface area (Å²) in [5.41, 5.74) is 0.583. The van der Waals surface area contributed by atoms with E-state index in [1.807, 2.05) is 13.8 Å². The van der Waals surface area contributed by atoms with Gasteiger partial charge in [-0.15, -0.1) is 0 Å². The minimum atomic E-state index is -0.949. The van der Waals surface area contributed by atoms with Crippen LogP contribution < -0.4 is 10.6 Å². The Balaban J connectivity index is 2.52. The van der Waals surface area contributed by atoms with Crippen molar-refractivity contribution in [2.45, 2.75) is 26.3 Å². The van der Waals surface area contributed by atoms with Gasteiger partial charge in [-0.1, -0.05) is 37.9 Å². The van der Waals surface area contributed by atoms with Crippen LogP contribution >= 0.6 is 11.6 Å². The number of hydrogen-bond acceptors (Lipinski definition) is 3. The van der Waals surface area contributed by atoms with Gasteiger partial charge in [-0.05, 0) is 24.1 Å². The lowest BCUT2D eigenvalue weighted by Crippen LogP contribution is -2.45. The third kappa shape index (κ3) is 5.19. The molecule has 0 spiro atoms. The van der Waals surface area contributed by atoms with E-state index in [4.69, 9.17) is 16.7 Å². The quantitative estimate of drug-likeness (QED) is 0.722. The average molecular weight is 299 g/mol. The Morgan fingerprint density at radius 3 is 2.65 bits per heavy atom. The number of benzene rings is 1. The van der Waals surface area contributed by atoms with Crippen molar-refractivity contribution >= 4 is 29.2 Å². The fraction of sp³-hybridized carbons (Fsp3) is 0.429. The lowest BCUT2D eigenvalue weighted by Gasteiger charge is -2.19. The van der Waals surface area contributed by atoms with Crippen LogP contribution in [-0.2, 0) is 9.59 Å². The molecule has 1 amide bonds. The molecule has 1 aromatic carbocycles. The molecule has 0 unspecified atom stereocenters. The van der Waals surface area contributed by atoms with Crippen LogP contribution in [0.15, 0.2) is 24.3 Å². The van der Waals surface area contributed by atoms with Crippen LogP contribution in [0.25, 0.3) is 0 Å². The molecular formula is C14H19ClN2O3. The van der Waals surface area contributed by atoms with Crippen molar-refractivity contribution in [3.8, 4) is 0 Å². The smallest absolute Gasteiger partial charge is 0.320 e. The number of rotatable bonds is 7. The van der Waals surface area contributed by atoms with Crippen LogP contribution in [-0.4, -0.2) is 29.6 Å². The highest BCUT2D eigenvalue weighted by Gasteiger charge is 2.23. The summed E-state index contributed by atoms with van der Waals surface area (Å²) >= 11 is 5.81. The van der Waals surface area contributed by atoms with E-state index < -0.39 is 12.0 Å². The molecular weight excluding hydrogens is 280 g/mol. The van der Waals surface area contributed by atoms with Crippen LogP contribution in [0.1, 0.15) is 20.3 Å². The van der Waals surface area contributed by atoms with Crippen molar-refractivity contribution < 1.29 is 14.7 Å². The Labute approximate surface area is 123 Å². The van der Waals surface area contributed by atoms with Gasteiger partial charge in [0.2, 0.25) is 5.91 Å². The molecule has 0 aliphatic heterocycles. The second kappa shape index (κ2) is 7.87. The van der Waals surface area contributed by atoms with Gasteiger partial charge in [-0.2, -0.15) is 0 Å². The number of carbonyl (C=O) groups is 2. The molecule has 0 aromatic heterocycles. The van der Waals surface area contributed by atoms with E-state index in [1.165, 1.54) is 0 Å². The van der Waals surface area contributed by atoms with E-state index in [9.17, 15) is 9.59 Å². The molecule has 0 fully saturated rings. The number of aliphatic carboxylic acids is 1. The first-order chi connectivity index (χ1) is 9.43. The number of carbonyl (C=O) groups excluding carboxylic acids is 1. The molecule has 0 aliphatic carbocycles. The van der Waals surface area contributed by atoms with E-state index in [0.29, 0.717) is 10.7 Å². The molecule has 0 saturated carbocycles. The summed E-state index contributed by atoms with van der Waals surface area (Å²) in [5.74, 6) is -1.30. The topological polar surface area (TPSA) is 78.4 Å². The highest BCUT2D eigenvalue weighted by atomic mass is 35.5. The van der Waals surface area contributed by atoms with Crippen molar-refractivity contribution in [3.05, 3.63) is 29.3 Å². The second-order valence-corrected chi connectivity index (χ2v) is 5.08. The standard InChI is InChI=1S/C14H19ClN2O3/c1-3-9(2)13(14(19)20)16-8-12(18)17-11-6-4-5-10(15)7-11/h4-7,9,13,16H,3,8H2,1-2H3,(H,17,18)(H,19,20)/t9-,13-/m0/s1. The van der Waals surface area contributed by atoms with Gasteiger partial charge in [0, 0.05) is 10.7 Å². The predicted molar refractivity (Wildman–Crippen MR) is 79.0 cm³/mol. The van der Waals surface area contributed by atoms with Gasteiger partial charge in [-0.3, -0.25) is 14.9 Å². The number of anilines is 1. The third-order valence-corrected chi connectivity index (χ3v) is 3.31. The molecule has 6 heteroatoms. The van der Waals surface area contributed by atoms with Gasteiger partial charge in [0.25, 0.3) is 0 Å². The first-order valence-corrected chi connectivity index (χ1v) is 6.83. The Kier molecular flexibility index (Phi) is 6.48. The van der Waals surface area contributed by atoms with E-state index >= 15 is 0 Å². The van der Waals surface area contributed by atoms with E-state index in [1.54, 1.807) is 24.3 Å². The lowest BCUT2D eigenvalue weighted by atomic mass is 9.99. The first-order valence-electron chi connectivity index (χ1n) is 6.45. The molecule has 3 N–H and O–H groups in total. The Morgan fingerprint density at radius 1 is 1.40 bits per heavy atom. The van der Waals surface area contributed by atoms with Gasteiger partial charge in [-0.25, -0.2) is 0 Å². The molecule has 0 heterocycles. The maximum Gasteiger partial charge on any atom is 0.320 e. The molecule has 2 atom stereocenters. The summed E-state index contributed by atoms with van der Waals surface area (Å²) < 4.78 is 0. The number of nitrogens with one attached hydrogen (secondary N) is 2. The third-order valence-electron chi connectivity index (χ3n) is 3.07. The fourth-order valence-electron chi connectivity index (χ4n) is 1.74. The lowest BCUT2D eigenvalue weighted by molar-refractivity contribution is -0.140. The summed E-state index contributed by atoms with van der Waals surface area (Å²) in [6.07, 6.45) is 0.722. The number of amides is 1. The molecule has 1 aromatic rings. The minimum Gasteiger partial charge on any atom is -0.480 e. The van der Waals surface area contributed by atoms with E-state index in [0.717, 1.165) is 6.42 Å². The van der Waals surface area contributed by atoms with Gasteiger partial charge in [0.15, 0.2) is 0 Å². The maximum atomic E-state index is 11.8. The first kappa shape index (κ1) is 16.5. The van der Waals surface area contributed by atoms with Crippen molar-refractivity contribution in [2.24, 2.45) is 5.92 Å². The molecule has 0 aliphatic rings. The van der Waals surface area contributed by atoms with Crippen LogP contribution in [0.3, 0.4) is 0 Å². The summed E-state index contributed by atoms with van der Waals surface area (Å²) in [6.45, 7) is 3.68. The second-order valence-electron chi connectivity index (χ2n) is 4.64. The SMILES string of the molecule is CC[C@H](C)[C@H](NCC(=O)Nc1cccc(Cl)c1)C(=O)O. The Morgan fingerprint density at radius 2 is 2.10 bits per heavy atom. The number of halogens is 1. The Bertz CT molecular complexity index is 479. The van der Waals surface area contributed by atoms with Gasteiger partial charge in [0.05, 0.1) is 6.54 Å². The van der Waals surface area contributed by atoms with Crippen molar-refractivity contribution in [2.75, 3.05) is 11.9 Å². The van der Waals surface area contributed by atoms with Gasteiger partial charge < -0.3 is 10.4 Å². The van der Waals surface area contributed by atoms with Gasteiger partial charge >= 0.3 is 5.97 Å². The molecule has 5 nitrogen and oxygen atoms in total. The van der Waals surface area contributed by atoms with Crippen LogP contribution in [0.4, 0.5) is 5.69 Å². The minimum absolute atomic E-state index is 0.0496. The summed E-state index contributed by atoms with van der Waals surface area (Å²) in [4.78, 5) is 22.9. The fourth-order valence-corrected chi connectivity index (χ4v) is 1.93. The summed E-state index contributed by atoms with van der Waals surface area (Å²) in [7, 11) is 0. The summed E-state index contributed by atoms with van der Waals surface area (Å²) in [6, 6.07) is 6.05. The number of hydrogen-bond donors (Lipinski definition) is 3. The average Bonchev–Trinajstić information content (AvgIpc) is 2.38. The van der Waals surface area contributed by atoms with Crippen LogP contribution in [0, 0.1) is 5.92 Å². The van der Waals surface area contributed by atoms with Crippen LogP contribution in [0.2, 0.25) is 5.02 Å². The molecule has 0 saturated heterocycles. The predicted octanol–water partition coefficient (Wildman–Crippen LogP) is 2.37. The zero-order valence-electron chi connectivity index (χ0n) is 11.5. The molecule has 20 heavy (non-hydrogen) atoms. The zero-order valence-corrected chi connectivity index (χ0v) is 12.3. The molecule has 0 radical (unpaired) electrons. The molecule has 0 bridgehead atoms. The maximum absolute atomic E-state index is 11.8. The highest BCUT2D eigenvalue weighted by Crippen LogP contribution is 2.14. The van der Waals surface area contributed by atoms with Crippen molar-refractivity contribution in [3.63, 3.8) is 0 Å². The van der Waals surface area contributed by atoms with Gasteiger partial charge in [0.1, 0.15) is 6.04 Å². The summed E-state index contributed by atoms with van der Waals surface area (Å²) in [5, 5.41) is 15.0.